The summed E-state index contributed by atoms with van der Waals surface area (Å²) in [5.74, 6) is 0.465. The van der Waals surface area contributed by atoms with E-state index in [1.807, 2.05) is 13.0 Å². The predicted octanol–water partition coefficient (Wildman–Crippen LogP) is 1.30. The molecule has 0 aliphatic carbocycles. The first-order valence-electron chi connectivity index (χ1n) is 6.80. The van der Waals surface area contributed by atoms with E-state index < -0.39 is 0 Å². The molecule has 0 saturated carbocycles. The monoisotopic (exact) mass is 286 g/mol. The summed E-state index contributed by atoms with van der Waals surface area (Å²) in [6.07, 6.45) is 3.24. The van der Waals surface area contributed by atoms with Crippen molar-refractivity contribution in [1.82, 2.24) is 15.3 Å². The van der Waals surface area contributed by atoms with Crippen molar-refractivity contribution in [3.05, 3.63) is 42.2 Å². The maximum atomic E-state index is 11.9. The van der Waals surface area contributed by atoms with Gasteiger partial charge in [0.05, 0.1) is 6.61 Å². The lowest BCUT2D eigenvalue weighted by atomic mass is 10.1. The van der Waals surface area contributed by atoms with Crippen molar-refractivity contribution in [2.24, 2.45) is 0 Å². The Morgan fingerprint density at radius 2 is 2.10 bits per heavy atom. The van der Waals surface area contributed by atoms with Crippen LogP contribution in [0.2, 0.25) is 0 Å². The highest BCUT2D eigenvalue weighted by molar-refractivity contribution is 5.95. The molecule has 6 nitrogen and oxygen atoms in total. The molecule has 0 spiro atoms. The highest BCUT2D eigenvalue weighted by Gasteiger charge is 2.10. The minimum Gasteiger partial charge on any atom is -0.395 e. The largest absolute Gasteiger partial charge is 0.395 e. The third-order valence-corrected chi connectivity index (χ3v) is 2.84. The van der Waals surface area contributed by atoms with E-state index in [9.17, 15) is 4.79 Å². The summed E-state index contributed by atoms with van der Waals surface area (Å²) in [5.41, 5.74) is 2.04. The molecule has 2 aromatic rings. The van der Waals surface area contributed by atoms with Crippen LogP contribution >= 0.6 is 0 Å². The Kier molecular flexibility index (Phi) is 5.22. The van der Waals surface area contributed by atoms with Gasteiger partial charge in [-0.25, -0.2) is 4.98 Å². The number of amides is 1. The van der Waals surface area contributed by atoms with E-state index in [1.165, 1.54) is 0 Å². The first-order valence-corrected chi connectivity index (χ1v) is 6.80. The van der Waals surface area contributed by atoms with Gasteiger partial charge in [-0.1, -0.05) is 12.1 Å². The average molecular weight is 286 g/mol. The molecule has 0 saturated heterocycles. The van der Waals surface area contributed by atoms with Gasteiger partial charge in [-0.2, -0.15) is 0 Å². The number of anilines is 1. The molecule has 110 valence electrons. The topological polar surface area (TPSA) is 87.1 Å². The van der Waals surface area contributed by atoms with Gasteiger partial charge in [-0.3, -0.25) is 9.78 Å². The fraction of sp³-hybridized carbons (Fsp3) is 0.267. The Morgan fingerprint density at radius 1 is 1.29 bits per heavy atom. The molecule has 0 bridgehead atoms. The summed E-state index contributed by atoms with van der Waals surface area (Å²) >= 11 is 0. The summed E-state index contributed by atoms with van der Waals surface area (Å²) < 4.78 is 0. The number of aliphatic hydroxyl groups excluding tert-OH is 1. The number of carbonyl (C=O) groups is 1. The van der Waals surface area contributed by atoms with Crippen LogP contribution in [0.1, 0.15) is 17.3 Å². The van der Waals surface area contributed by atoms with Crippen molar-refractivity contribution in [2.75, 3.05) is 25.0 Å². The molecule has 0 atom stereocenters. The normalized spacial score (nSPS) is 10.2. The van der Waals surface area contributed by atoms with E-state index in [1.54, 1.807) is 30.6 Å². The van der Waals surface area contributed by atoms with Gasteiger partial charge in [0.1, 0.15) is 5.69 Å². The highest BCUT2D eigenvalue weighted by Crippen LogP contribution is 2.24. The van der Waals surface area contributed by atoms with Crippen LogP contribution in [0.4, 0.5) is 5.82 Å². The van der Waals surface area contributed by atoms with E-state index in [0.29, 0.717) is 17.1 Å². The Labute approximate surface area is 123 Å². The molecule has 1 aromatic heterocycles. The van der Waals surface area contributed by atoms with Crippen LogP contribution in [-0.4, -0.2) is 40.7 Å². The van der Waals surface area contributed by atoms with Gasteiger partial charge < -0.3 is 15.7 Å². The number of aliphatic hydroxyl groups is 1. The van der Waals surface area contributed by atoms with Crippen molar-refractivity contribution < 1.29 is 9.90 Å². The maximum Gasteiger partial charge on any atom is 0.251 e. The van der Waals surface area contributed by atoms with Crippen LogP contribution in [0, 0.1) is 0 Å². The van der Waals surface area contributed by atoms with Crippen molar-refractivity contribution in [3.63, 3.8) is 0 Å². The summed E-state index contributed by atoms with van der Waals surface area (Å²) in [7, 11) is 0. The third kappa shape index (κ3) is 3.76. The third-order valence-electron chi connectivity index (χ3n) is 2.84. The zero-order chi connectivity index (χ0) is 15.1. The van der Waals surface area contributed by atoms with E-state index >= 15 is 0 Å². The van der Waals surface area contributed by atoms with Crippen LogP contribution in [0.5, 0.6) is 0 Å². The first kappa shape index (κ1) is 14.9. The molecular formula is C15H18N4O2. The standard InChI is InChI=1S/C15H18N4O2/c1-2-16-14-13(17-6-7-18-14)11-4-3-5-12(10-11)15(21)19-8-9-20/h3-7,10,20H,2,8-9H2,1H3,(H,16,18)(H,19,21). The Morgan fingerprint density at radius 3 is 2.86 bits per heavy atom. The fourth-order valence-corrected chi connectivity index (χ4v) is 1.93. The second kappa shape index (κ2) is 7.35. The average Bonchev–Trinajstić information content (AvgIpc) is 2.53. The first-order chi connectivity index (χ1) is 10.3. The number of hydrogen-bond donors (Lipinski definition) is 3. The van der Waals surface area contributed by atoms with E-state index in [0.717, 1.165) is 12.1 Å². The number of benzene rings is 1. The van der Waals surface area contributed by atoms with E-state index in [2.05, 4.69) is 20.6 Å². The molecule has 2 rings (SSSR count). The van der Waals surface area contributed by atoms with Crippen molar-refractivity contribution in [1.29, 1.82) is 0 Å². The predicted molar refractivity (Wildman–Crippen MR) is 81.1 cm³/mol. The lowest BCUT2D eigenvalue weighted by Crippen LogP contribution is -2.26. The number of nitrogens with zero attached hydrogens (tertiary/aromatic N) is 2. The molecule has 21 heavy (non-hydrogen) atoms. The second-order valence-electron chi connectivity index (χ2n) is 4.34. The quantitative estimate of drug-likeness (QED) is 0.745. The summed E-state index contributed by atoms with van der Waals surface area (Å²) in [6.45, 7) is 2.87. The molecule has 0 fully saturated rings. The van der Waals surface area contributed by atoms with Gasteiger partial charge in [0, 0.05) is 36.6 Å². The molecular weight excluding hydrogens is 268 g/mol. The lowest BCUT2D eigenvalue weighted by Gasteiger charge is -2.09. The molecule has 1 aromatic carbocycles. The van der Waals surface area contributed by atoms with E-state index in [4.69, 9.17) is 5.11 Å². The Hall–Kier alpha value is -2.47. The van der Waals surface area contributed by atoms with E-state index in [-0.39, 0.29) is 19.1 Å². The Balaban J connectivity index is 2.31. The van der Waals surface area contributed by atoms with Crippen molar-refractivity contribution in [2.45, 2.75) is 6.92 Å². The van der Waals surface area contributed by atoms with Gasteiger partial charge >= 0.3 is 0 Å². The number of carbonyl (C=O) groups excluding carboxylic acids is 1. The van der Waals surface area contributed by atoms with Crippen molar-refractivity contribution >= 4 is 11.7 Å². The zero-order valence-electron chi connectivity index (χ0n) is 11.8. The molecule has 0 unspecified atom stereocenters. The summed E-state index contributed by atoms with van der Waals surface area (Å²) in [6, 6.07) is 7.17. The van der Waals surface area contributed by atoms with Gasteiger partial charge in [-0.05, 0) is 19.1 Å². The number of nitrogens with one attached hydrogen (secondary N) is 2. The minimum absolute atomic E-state index is 0.0832. The molecule has 1 heterocycles. The minimum atomic E-state index is -0.222. The maximum absolute atomic E-state index is 11.9. The van der Waals surface area contributed by atoms with Gasteiger partial charge in [0.25, 0.3) is 5.91 Å². The zero-order valence-corrected chi connectivity index (χ0v) is 11.8. The summed E-state index contributed by atoms with van der Waals surface area (Å²) in [5, 5.41) is 14.5. The molecule has 1 amide bonds. The SMILES string of the molecule is CCNc1nccnc1-c1cccc(C(=O)NCCO)c1. The molecule has 3 N–H and O–H groups in total. The van der Waals surface area contributed by atoms with Crippen LogP contribution in [0.25, 0.3) is 11.3 Å². The summed E-state index contributed by atoms with van der Waals surface area (Å²) in [4.78, 5) is 20.5. The smallest absolute Gasteiger partial charge is 0.251 e. The van der Waals surface area contributed by atoms with Gasteiger partial charge in [-0.15, -0.1) is 0 Å². The van der Waals surface area contributed by atoms with Gasteiger partial charge in [0.2, 0.25) is 0 Å². The van der Waals surface area contributed by atoms with Crippen LogP contribution in [0.3, 0.4) is 0 Å². The second-order valence-corrected chi connectivity index (χ2v) is 4.34. The molecule has 0 aliphatic heterocycles. The number of aromatic nitrogens is 2. The highest BCUT2D eigenvalue weighted by atomic mass is 16.3. The van der Waals surface area contributed by atoms with Crippen LogP contribution in [-0.2, 0) is 0 Å². The molecule has 0 aliphatic rings. The fourth-order valence-electron chi connectivity index (χ4n) is 1.93. The number of rotatable bonds is 6. The number of hydrogen-bond acceptors (Lipinski definition) is 5. The lowest BCUT2D eigenvalue weighted by molar-refractivity contribution is 0.0945. The molecule has 0 radical (unpaired) electrons. The van der Waals surface area contributed by atoms with Crippen LogP contribution < -0.4 is 10.6 Å². The van der Waals surface area contributed by atoms with Crippen LogP contribution in [0.15, 0.2) is 36.7 Å². The van der Waals surface area contributed by atoms with Crippen molar-refractivity contribution in [3.8, 4) is 11.3 Å². The van der Waals surface area contributed by atoms with Gasteiger partial charge in [0.15, 0.2) is 5.82 Å². The Bertz CT molecular complexity index is 616. The molecule has 6 heteroatoms.